The molecule has 2 atom stereocenters. The molecular weight excluding hydrogens is 495 g/mol. The van der Waals surface area contributed by atoms with Gasteiger partial charge in [-0.25, -0.2) is 4.39 Å². The number of fused-ring (bicyclic) bond motifs is 1. The van der Waals surface area contributed by atoms with E-state index in [1.807, 2.05) is 31.3 Å². The van der Waals surface area contributed by atoms with Gasteiger partial charge in [-0.3, -0.25) is 0 Å². The number of benzene rings is 3. The maximum atomic E-state index is 15.0. The van der Waals surface area contributed by atoms with Crippen LogP contribution in [0.15, 0.2) is 54.6 Å². The molecule has 39 heavy (non-hydrogen) atoms. The molecule has 3 aromatic carbocycles. The number of aryl methyl sites for hydroxylation is 1. The lowest BCUT2D eigenvalue weighted by Crippen LogP contribution is -2.27. The van der Waals surface area contributed by atoms with Gasteiger partial charge < -0.3 is 29.1 Å². The van der Waals surface area contributed by atoms with Crippen LogP contribution in [0.25, 0.3) is 0 Å². The van der Waals surface area contributed by atoms with Crippen LogP contribution in [-0.4, -0.2) is 64.6 Å². The molecule has 0 fully saturated rings. The lowest BCUT2D eigenvalue weighted by Gasteiger charge is -2.33. The number of ether oxygens (including phenoxy) is 3. The third-order valence-corrected chi connectivity index (χ3v) is 7.90. The zero-order valence-electron chi connectivity index (χ0n) is 23.7. The SMILES string of the molecule is COCCN(C)CCOc1ccc(C(C)N(C)c2cc(OC)ccc2[C@@H]2CCc3cc(O)ccc3C2)cc1F. The van der Waals surface area contributed by atoms with Crippen molar-refractivity contribution < 1.29 is 23.7 Å². The van der Waals surface area contributed by atoms with E-state index in [9.17, 15) is 5.11 Å². The van der Waals surface area contributed by atoms with E-state index in [2.05, 4.69) is 35.9 Å². The molecular formula is C32H41FN2O4. The Bertz CT molecular complexity index is 1250. The Labute approximate surface area is 231 Å². The summed E-state index contributed by atoms with van der Waals surface area (Å²) in [5.41, 5.74) is 5.71. The van der Waals surface area contributed by atoms with Crippen molar-refractivity contribution in [1.82, 2.24) is 4.90 Å². The zero-order chi connectivity index (χ0) is 27.9. The van der Waals surface area contributed by atoms with Gasteiger partial charge in [0, 0.05) is 39.0 Å². The molecule has 1 aliphatic carbocycles. The van der Waals surface area contributed by atoms with Crippen molar-refractivity contribution in [1.29, 1.82) is 0 Å². The summed E-state index contributed by atoms with van der Waals surface area (Å²) < 4.78 is 31.4. The molecule has 4 rings (SSSR count). The Kier molecular flexibility index (Phi) is 9.70. The number of phenolic OH excluding ortho intramolecular Hbond substituents is 1. The molecule has 0 aliphatic heterocycles. The highest BCUT2D eigenvalue weighted by atomic mass is 19.1. The maximum Gasteiger partial charge on any atom is 0.165 e. The van der Waals surface area contributed by atoms with Crippen LogP contribution >= 0.6 is 0 Å². The van der Waals surface area contributed by atoms with E-state index in [1.165, 1.54) is 16.7 Å². The smallest absolute Gasteiger partial charge is 0.165 e. The number of halogens is 1. The molecule has 1 N–H and O–H groups in total. The largest absolute Gasteiger partial charge is 0.508 e. The van der Waals surface area contributed by atoms with Crippen LogP contribution in [0.4, 0.5) is 10.1 Å². The summed E-state index contributed by atoms with van der Waals surface area (Å²) >= 11 is 0. The van der Waals surface area contributed by atoms with Crippen molar-refractivity contribution in [2.75, 3.05) is 59.5 Å². The van der Waals surface area contributed by atoms with E-state index in [-0.39, 0.29) is 17.6 Å². The first kappa shape index (κ1) is 28.7. The summed E-state index contributed by atoms with van der Waals surface area (Å²) in [4.78, 5) is 4.29. The minimum atomic E-state index is -0.356. The van der Waals surface area contributed by atoms with Crippen molar-refractivity contribution in [2.45, 2.75) is 38.1 Å². The van der Waals surface area contributed by atoms with Crippen molar-refractivity contribution in [3.8, 4) is 17.2 Å². The molecule has 6 nitrogen and oxygen atoms in total. The first-order valence-corrected chi connectivity index (χ1v) is 13.6. The molecule has 0 radical (unpaired) electrons. The number of methoxy groups -OCH3 is 2. The van der Waals surface area contributed by atoms with E-state index >= 15 is 4.39 Å². The predicted molar refractivity (Wildman–Crippen MR) is 154 cm³/mol. The molecule has 0 aromatic heterocycles. The van der Waals surface area contributed by atoms with Crippen molar-refractivity contribution >= 4 is 5.69 Å². The number of nitrogens with zero attached hydrogens (tertiary/aromatic N) is 2. The Balaban J connectivity index is 1.50. The van der Waals surface area contributed by atoms with E-state index in [0.717, 1.165) is 42.8 Å². The Morgan fingerprint density at radius 3 is 2.51 bits per heavy atom. The minimum Gasteiger partial charge on any atom is -0.508 e. The summed E-state index contributed by atoms with van der Waals surface area (Å²) in [6.45, 7) is 4.63. The minimum absolute atomic E-state index is 0.0765. The van der Waals surface area contributed by atoms with Gasteiger partial charge in [0.2, 0.25) is 0 Å². The van der Waals surface area contributed by atoms with Crippen LogP contribution in [-0.2, 0) is 17.6 Å². The second-order valence-electron chi connectivity index (χ2n) is 10.4. The van der Waals surface area contributed by atoms with Gasteiger partial charge in [0.15, 0.2) is 11.6 Å². The van der Waals surface area contributed by atoms with Crippen molar-refractivity contribution in [2.24, 2.45) is 0 Å². The lowest BCUT2D eigenvalue weighted by atomic mass is 9.79. The molecule has 0 spiro atoms. The third-order valence-electron chi connectivity index (χ3n) is 7.90. The first-order chi connectivity index (χ1) is 18.8. The predicted octanol–water partition coefficient (Wildman–Crippen LogP) is 5.97. The lowest BCUT2D eigenvalue weighted by molar-refractivity contribution is 0.149. The molecule has 0 bridgehead atoms. The van der Waals surface area contributed by atoms with E-state index < -0.39 is 0 Å². The Morgan fingerprint density at radius 1 is 0.974 bits per heavy atom. The van der Waals surface area contributed by atoms with Crippen molar-refractivity contribution in [3.63, 3.8) is 0 Å². The molecule has 210 valence electrons. The topological polar surface area (TPSA) is 54.4 Å². The molecule has 0 amide bonds. The summed E-state index contributed by atoms with van der Waals surface area (Å²) in [5.74, 6) is 1.36. The summed E-state index contributed by atoms with van der Waals surface area (Å²) in [6.07, 6.45) is 2.84. The van der Waals surface area contributed by atoms with Gasteiger partial charge in [0.25, 0.3) is 0 Å². The summed E-state index contributed by atoms with van der Waals surface area (Å²) in [6, 6.07) is 17.1. The van der Waals surface area contributed by atoms with Gasteiger partial charge in [-0.1, -0.05) is 18.2 Å². The monoisotopic (exact) mass is 536 g/mol. The zero-order valence-corrected chi connectivity index (χ0v) is 23.7. The molecule has 3 aromatic rings. The van der Waals surface area contributed by atoms with Crippen LogP contribution in [0.1, 0.15) is 47.6 Å². The van der Waals surface area contributed by atoms with E-state index in [0.29, 0.717) is 31.4 Å². The fraction of sp³-hybridized carbons (Fsp3) is 0.438. The molecule has 0 saturated carbocycles. The fourth-order valence-corrected chi connectivity index (χ4v) is 5.30. The first-order valence-electron chi connectivity index (χ1n) is 13.6. The highest BCUT2D eigenvalue weighted by Crippen LogP contribution is 2.41. The quantitative estimate of drug-likeness (QED) is 0.308. The molecule has 0 saturated heterocycles. The molecule has 1 unspecified atom stereocenters. The normalized spacial score (nSPS) is 15.6. The van der Waals surface area contributed by atoms with Crippen LogP contribution in [0, 0.1) is 5.82 Å². The number of likely N-dealkylation sites (N-methyl/N-ethyl adjacent to an activating group) is 1. The van der Waals surface area contributed by atoms with Crippen molar-refractivity contribution in [3.05, 3.63) is 82.7 Å². The number of hydrogen-bond acceptors (Lipinski definition) is 6. The third kappa shape index (κ3) is 7.02. The average molecular weight is 537 g/mol. The molecule has 1 aliphatic rings. The number of aromatic hydroxyl groups is 1. The highest BCUT2D eigenvalue weighted by Gasteiger charge is 2.26. The van der Waals surface area contributed by atoms with Gasteiger partial charge in [-0.2, -0.15) is 0 Å². The Hall–Kier alpha value is -3.29. The van der Waals surface area contributed by atoms with Crippen LogP contribution < -0.4 is 14.4 Å². The van der Waals surface area contributed by atoms with Crippen LogP contribution in [0.3, 0.4) is 0 Å². The number of hydrogen-bond donors (Lipinski definition) is 1. The average Bonchev–Trinajstić information content (AvgIpc) is 2.95. The van der Waals surface area contributed by atoms with Gasteiger partial charge in [0.1, 0.15) is 18.1 Å². The van der Waals surface area contributed by atoms with E-state index in [1.54, 1.807) is 32.4 Å². The Morgan fingerprint density at radius 2 is 1.77 bits per heavy atom. The second kappa shape index (κ2) is 13.2. The number of anilines is 1. The van der Waals surface area contributed by atoms with Crippen LogP contribution in [0.2, 0.25) is 0 Å². The summed E-state index contributed by atoms with van der Waals surface area (Å²) in [7, 11) is 7.39. The van der Waals surface area contributed by atoms with Gasteiger partial charge in [-0.15, -0.1) is 0 Å². The van der Waals surface area contributed by atoms with Gasteiger partial charge in [0.05, 0.1) is 19.8 Å². The summed E-state index contributed by atoms with van der Waals surface area (Å²) in [5, 5.41) is 9.88. The van der Waals surface area contributed by atoms with E-state index in [4.69, 9.17) is 14.2 Å². The number of phenols is 1. The molecule has 0 heterocycles. The van der Waals surface area contributed by atoms with Crippen LogP contribution in [0.5, 0.6) is 17.2 Å². The maximum absolute atomic E-state index is 15.0. The fourth-order valence-electron chi connectivity index (χ4n) is 5.30. The van der Waals surface area contributed by atoms with Gasteiger partial charge >= 0.3 is 0 Å². The van der Waals surface area contributed by atoms with Gasteiger partial charge in [-0.05, 0) is 91.7 Å². The standard InChI is InChI=1S/C32H41FN2O4/c1-22(23-9-13-32(30(33)20-23)39-17-15-34(2)14-16-37-4)35(3)31-21-28(38-5)11-12-29(31)26-7-6-25-19-27(36)10-8-24(25)18-26/h8-13,19-22,26,36H,6-7,14-18H2,1-5H3/t22?,26-/m1/s1. The second-order valence-corrected chi connectivity index (χ2v) is 10.4. The highest BCUT2D eigenvalue weighted by molar-refractivity contribution is 5.60. The molecule has 7 heteroatoms. The number of rotatable bonds is 12.